The van der Waals surface area contributed by atoms with Crippen LogP contribution in [0.15, 0.2) is 60.8 Å². The molecular weight excluding hydrogens is 280 g/mol. The Morgan fingerprint density at radius 1 is 1.10 bits per heavy atom. The van der Waals surface area contributed by atoms with Crippen molar-refractivity contribution in [3.05, 3.63) is 66.4 Å². The van der Waals surface area contributed by atoms with Crippen LogP contribution in [0.1, 0.15) is 5.56 Å². The van der Waals surface area contributed by atoms with Crippen LogP contribution in [-0.2, 0) is 5.75 Å². The zero-order valence-electron chi connectivity index (χ0n) is 11.7. The summed E-state index contributed by atoms with van der Waals surface area (Å²) < 4.78 is 7.18. The van der Waals surface area contributed by atoms with Gasteiger partial charge in [-0.15, -0.1) is 0 Å². The van der Waals surface area contributed by atoms with Gasteiger partial charge in [-0.3, -0.25) is 0 Å². The highest BCUT2D eigenvalue weighted by Gasteiger charge is 2.11. The van der Waals surface area contributed by atoms with Crippen LogP contribution in [0.25, 0.3) is 16.9 Å². The molecule has 4 heteroatoms. The van der Waals surface area contributed by atoms with Gasteiger partial charge in [0.25, 0.3) is 0 Å². The van der Waals surface area contributed by atoms with E-state index in [0.29, 0.717) is 5.75 Å². The minimum Gasteiger partial charge on any atom is -0.497 e. The monoisotopic (exact) mass is 296 g/mol. The third-order valence-corrected chi connectivity index (χ3v) is 3.66. The number of para-hydroxylation sites is 1. The van der Waals surface area contributed by atoms with Crippen LogP contribution in [0.4, 0.5) is 0 Å². The number of benzene rings is 2. The lowest BCUT2D eigenvalue weighted by Gasteiger charge is -2.03. The number of hydrogen-bond acceptors (Lipinski definition) is 3. The molecule has 0 N–H and O–H groups in total. The van der Waals surface area contributed by atoms with Gasteiger partial charge in [0.2, 0.25) is 0 Å². The number of rotatable bonds is 4. The molecule has 3 aromatic rings. The maximum Gasteiger partial charge on any atom is 0.119 e. The van der Waals surface area contributed by atoms with E-state index in [-0.39, 0.29) is 0 Å². The zero-order valence-corrected chi connectivity index (χ0v) is 12.6. The van der Waals surface area contributed by atoms with Crippen molar-refractivity contribution in [1.29, 1.82) is 0 Å². The highest BCUT2D eigenvalue weighted by molar-refractivity contribution is 7.79. The van der Waals surface area contributed by atoms with Crippen LogP contribution < -0.4 is 4.74 Å². The van der Waals surface area contributed by atoms with Crippen molar-refractivity contribution < 1.29 is 4.74 Å². The second-order valence-corrected chi connectivity index (χ2v) is 4.99. The van der Waals surface area contributed by atoms with Crippen molar-refractivity contribution in [2.24, 2.45) is 0 Å². The van der Waals surface area contributed by atoms with Crippen LogP contribution in [0.2, 0.25) is 0 Å². The van der Waals surface area contributed by atoms with Crippen LogP contribution in [-0.4, -0.2) is 16.9 Å². The first kappa shape index (κ1) is 13.8. The SMILES string of the molecule is COc1cccc(-c2nn(-c3ccccc3)cc2CS)c1. The summed E-state index contributed by atoms with van der Waals surface area (Å²) in [5.74, 6) is 1.46. The predicted octanol–water partition coefficient (Wildman–Crippen LogP) is 3.98. The number of ether oxygens (including phenoxy) is 1. The summed E-state index contributed by atoms with van der Waals surface area (Å²) in [6.07, 6.45) is 2.02. The van der Waals surface area contributed by atoms with Gasteiger partial charge in [0, 0.05) is 23.1 Å². The maximum absolute atomic E-state index is 5.29. The molecule has 0 bridgehead atoms. The van der Waals surface area contributed by atoms with Crippen LogP contribution in [0.5, 0.6) is 5.75 Å². The van der Waals surface area contributed by atoms with Gasteiger partial charge in [-0.05, 0) is 24.3 Å². The van der Waals surface area contributed by atoms with Gasteiger partial charge >= 0.3 is 0 Å². The summed E-state index contributed by atoms with van der Waals surface area (Å²) >= 11 is 4.42. The van der Waals surface area contributed by atoms with Gasteiger partial charge in [-0.25, -0.2) is 4.68 Å². The Hall–Kier alpha value is -2.20. The highest BCUT2D eigenvalue weighted by atomic mass is 32.1. The summed E-state index contributed by atoms with van der Waals surface area (Å²) in [4.78, 5) is 0. The van der Waals surface area contributed by atoms with Crippen molar-refractivity contribution in [3.63, 3.8) is 0 Å². The molecule has 0 saturated heterocycles. The standard InChI is InChI=1S/C17H16N2OS/c1-20-16-9-5-6-13(10-16)17-14(12-21)11-19(18-17)15-7-3-2-4-8-15/h2-11,21H,12H2,1H3. The molecule has 1 aromatic heterocycles. The van der Waals surface area contributed by atoms with Gasteiger partial charge < -0.3 is 4.74 Å². The number of aromatic nitrogens is 2. The summed E-state index contributed by atoms with van der Waals surface area (Å²) in [5, 5.41) is 4.71. The Balaban J connectivity index is 2.08. The smallest absolute Gasteiger partial charge is 0.119 e. The lowest BCUT2D eigenvalue weighted by atomic mass is 10.1. The molecule has 0 radical (unpaired) electrons. The van der Waals surface area contributed by atoms with Gasteiger partial charge in [0.1, 0.15) is 5.75 Å². The Bertz CT molecular complexity index is 738. The number of thiol groups is 1. The Kier molecular flexibility index (Phi) is 3.97. The zero-order chi connectivity index (χ0) is 14.7. The Labute approximate surface area is 129 Å². The third-order valence-electron chi connectivity index (χ3n) is 3.32. The van der Waals surface area contributed by atoms with Crippen molar-refractivity contribution in [1.82, 2.24) is 9.78 Å². The Morgan fingerprint density at radius 2 is 1.90 bits per heavy atom. The van der Waals surface area contributed by atoms with E-state index >= 15 is 0 Å². The second kappa shape index (κ2) is 6.06. The topological polar surface area (TPSA) is 27.1 Å². The van der Waals surface area contributed by atoms with Gasteiger partial charge in [0.05, 0.1) is 18.5 Å². The van der Waals surface area contributed by atoms with Crippen molar-refractivity contribution in [3.8, 4) is 22.7 Å². The first-order valence-electron chi connectivity index (χ1n) is 6.71. The van der Waals surface area contributed by atoms with E-state index in [1.54, 1.807) is 7.11 Å². The molecule has 0 atom stereocenters. The molecule has 3 rings (SSSR count). The summed E-state index contributed by atoms with van der Waals surface area (Å²) in [7, 11) is 1.67. The molecule has 0 aliphatic rings. The molecule has 0 spiro atoms. The fourth-order valence-electron chi connectivity index (χ4n) is 2.25. The van der Waals surface area contributed by atoms with Gasteiger partial charge in [0.15, 0.2) is 0 Å². The van der Waals surface area contributed by atoms with E-state index in [9.17, 15) is 0 Å². The molecule has 21 heavy (non-hydrogen) atoms. The van der Waals surface area contributed by atoms with E-state index in [2.05, 4.69) is 12.6 Å². The fourth-order valence-corrected chi connectivity index (χ4v) is 2.48. The summed E-state index contributed by atoms with van der Waals surface area (Å²) in [6.45, 7) is 0. The molecule has 0 fully saturated rings. The van der Waals surface area contributed by atoms with E-state index in [1.165, 1.54) is 0 Å². The van der Waals surface area contributed by atoms with Gasteiger partial charge in [-0.2, -0.15) is 17.7 Å². The second-order valence-electron chi connectivity index (χ2n) is 4.67. The lowest BCUT2D eigenvalue weighted by molar-refractivity contribution is 0.415. The van der Waals surface area contributed by atoms with E-state index in [4.69, 9.17) is 9.84 Å². The van der Waals surface area contributed by atoms with Crippen LogP contribution in [0.3, 0.4) is 0 Å². The Morgan fingerprint density at radius 3 is 2.62 bits per heavy atom. The lowest BCUT2D eigenvalue weighted by Crippen LogP contribution is -1.94. The molecule has 0 aliphatic carbocycles. The molecule has 1 heterocycles. The predicted molar refractivity (Wildman–Crippen MR) is 88.2 cm³/mol. The average molecular weight is 296 g/mol. The summed E-state index contributed by atoms with van der Waals surface area (Å²) in [6, 6.07) is 18.0. The van der Waals surface area contributed by atoms with E-state index in [1.807, 2.05) is 65.5 Å². The molecule has 106 valence electrons. The molecular formula is C17H16N2OS. The molecule has 0 saturated carbocycles. The number of nitrogens with zero attached hydrogens (tertiary/aromatic N) is 2. The molecule has 0 amide bonds. The van der Waals surface area contributed by atoms with Crippen molar-refractivity contribution in [2.75, 3.05) is 7.11 Å². The minimum atomic E-state index is 0.638. The quantitative estimate of drug-likeness (QED) is 0.737. The number of methoxy groups -OCH3 is 1. The molecule has 2 aromatic carbocycles. The van der Waals surface area contributed by atoms with Crippen LogP contribution in [0, 0.1) is 0 Å². The van der Waals surface area contributed by atoms with Gasteiger partial charge in [-0.1, -0.05) is 30.3 Å². The average Bonchev–Trinajstić information content (AvgIpc) is 3.00. The third kappa shape index (κ3) is 2.81. The highest BCUT2D eigenvalue weighted by Crippen LogP contribution is 2.27. The maximum atomic E-state index is 5.29. The molecule has 0 aliphatic heterocycles. The molecule has 3 nitrogen and oxygen atoms in total. The van der Waals surface area contributed by atoms with Crippen molar-refractivity contribution >= 4 is 12.6 Å². The van der Waals surface area contributed by atoms with E-state index < -0.39 is 0 Å². The minimum absolute atomic E-state index is 0.638. The first-order valence-corrected chi connectivity index (χ1v) is 7.34. The summed E-state index contributed by atoms with van der Waals surface area (Å²) in [5.41, 5.74) is 4.10. The number of hydrogen-bond donors (Lipinski definition) is 1. The van der Waals surface area contributed by atoms with E-state index in [0.717, 1.165) is 28.3 Å². The van der Waals surface area contributed by atoms with Crippen LogP contribution >= 0.6 is 12.6 Å². The fraction of sp³-hybridized carbons (Fsp3) is 0.118. The van der Waals surface area contributed by atoms with Crippen molar-refractivity contribution in [2.45, 2.75) is 5.75 Å². The first-order chi connectivity index (χ1) is 10.3. The normalized spacial score (nSPS) is 10.6. The largest absolute Gasteiger partial charge is 0.497 e. The molecule has 0 unspecified atom stereocenters.